The Morgan fingerprint density at radius 1 is 1.14 bits per heavy atom. The summed E-state index contributed by atoms with van der Waals surface area (Å²) in [4.78, 5) is 17.8. The Morgan fingerprint density at radius 2 is 1.97 bits per heavy atom. The molecule has 2 atom stereocenters. The summed E-state index contributed by atoms with van der Waals surface area (Å²) in [6.45, 7) is 8.19. The van der Waals surface area contributed by atoms with E-state index in [-0.39, 0.29) is 12.2 Å². The molecule has 1 saturated heterocycles. The molecule has 1 N–H and O–H groups in total. The Hall–Kier alpha value is -2.48. The van der Waals surface area contributed by atoms with E-state index in [4.69, 9.17) is 14.2 Å². The van der Waals surface area contributed by atoms with E-state index in [2.05, 4.69) is 24.1 Å². The summed E-state index contributed by atoms with van der Waals surface area (Å²) in [6.07, 6.45) is 12.6. The number of ether oxygens (including phenoxy) is 3. The number of pyridine rings is 1. The van der Waals surface area contributed by atoms with Gasteiger partial charge in [0.15, 0.2) is 0 Å². The number of amides is 1. The monoisotopic (exact) mass is 495 g/mol. The van der Waals surface area contributed by atoms with Crippen molar-refractivity contribution in [2.24, 2.45) is 0 Å². The van der Waals surface area contributed by atoms with Gasteiger partial charge < -0.3 is 24.4 Å². The van der Waals surface area contributed by atoms with Gasteiger partial charge in [-0.25, -0.2) is 4.98 Å². The minimum absolute atomic E-state index is 0.0678. The maximum atomic E-state index is 11.7. The summed E-state index contributed by atoms with van der Waals surface area (Å²) in [6, 6.07) is 9.89. The van der Waals surface area contributed by atoms with Crippen molar-refractivity contribution in [3.63, 3.8) is 0 Å². The molecule has 1 aromatic carbocycles. The van der Waals surface area contributed by atoms with Crippen LogP contribution in [0.25, 0.3) is 0 Å². The third kappa shape index (κ3) is 7.28. The van der Waals surface area contributed by atoms with Crippen LogP contribution in [0.1, 0.15) is 82.9 Å². The van der Waals surface area contributed by atoms with Gasteiger partial charge in [-0.2, -0.15) is 0 Å². The molecule has 2 fully saturated rings. The highest BCUT2D eigenvalue weighted by molar-refractivity contribution is 5.87. The predicted octanol–water partition coefficient (Wildman–Crippen LogP) is 6.30. The van der Waals surface area contributed by atoms with E-state index in [1.807, 2.05) is 37.3 Å². The molecule has 3 aliphatic rings. The van der Waals surface area contributed by atoms with Crippen LogP contribution in [0.15, 0.2) is 36.5 Å². The molecule has 2 aliphatic heterocycles. The lowest BCUT2D eigenvalue weighted by atomic mass is 9.98. The summed E-state index contributed by atoms with van der Waals surface area (Å²) >= 11 is 0. The molecule has 2 unspecified atom stereocenters. The number of aromatic nitrogens is 1. The van der Waals surface area contributed by atoms with Crippen LogP contribution < -0.4 is 10.2 Å². The fourth-order valence-electron chi connectivity index (χ4n) is 5.02. The molecular weight excluding hydrogens is 454 g/mol. The molecule has 5 rings (SSSR count). The number of carbonyl (C=O) groups excluding carboxylic acids is 1. The largest absolute Gasteiger partial charge is 0.376 e. The second-order valence-corrected chi connectivity index (χ2v) is 10.2. The molecule has 1 saturated carbocycles. The lowest BCUT2D eigenvalue weighted by Crippen LogP contribution is -2.20. The second-order valence-electron chi connectivity index (χ2n) is 10.2. The standard InChI is InChI=1S/C20H23N3O3.C9H18O/c1-14(26-12-17-5-3-9-25-17)15-6-7-18-19(10-15)23(13-24)11-16-4-2-8-21-20(16)22-18;1-8(2)10-9-6-4-3-5-7-9/h2,4,6-8,10,13-14,17H,3,5,9,11-12H2,1H3,(H,21,22);8-9H,3-7H2,1-2H3. The lowest BCUT2D eigenvalue weighted by Gasteiger charge is -2.23. The average molecular weight is 496 g/mol. The summed E-state index contributed by atoms with van der Waals surface area (Å²) in [5, 5.41) is 3.34. The number of anilines is 3. The first-order valence-corrected chi connectivity index (χ1v) is 13.5. The topological polar surface area (TPSA) is 72.9 Å². The van der Waals surface area contributed by atoms with E-state index in [1.54, 1.807) is 11.1 Å². The molecule has 0 bridgehead atoms. The van der Waals surface area contributed by atoms with Crippen molar-refractivity contribution in [3.05, 3.63) is 47.7 Å². The van der Waals surface area contributed by atoms with Gasteiger partial charge in [0.1, 0.15) is 5.82 Å². The van der Waals surface area contributed by atoms with Crippen LogP contribution in [-0.2, 0) is 25.5 Å². The number of nitrogens with zero attached hydrogens (tertiary/aromatic N) is 2. The minimum atomic E-state index is -0.0678. The van der Waals surface area contributed by atoms with Gasteiger partial charge in [0.05, 0.1) is 48.9 Å². The number of rotatable bonds is 7. The quantitative estimate of drug-likeness (QED) is 0.454. The van der Waals surface area contributed by atoms with E-state index in [0.717, 1.165) is 54.2 Å². The average Bonchev–Trinajstić information content (AvgIpc) is 3.36. The van der Waals surface area contributed by atoms with E-state index >= 15 is 0 Å². The van der Waals surface area contributed by atoms with Crippen LogP contribution >= 0.6 is 0 Å². The van der Waals surface area contributed by atoms with Crippen molar-refractivity contribution in [3.8, 4) is 0 Å². The van der Waals surface area contributed by atoms with Crippen LogP contribution in [0.3, 0.4) is 0 Å². The van der Waals surface area contributed by atoms with E-state index < -0.39 is 0 Å². The van der Waals surface area contributed by atoms with Gasteiger partial charge in [-0.1, -0.05) is 31.4 Å². The van der Waals surface area contributed by atoms with Gasteiger partial charge in [-0.05, 0) is 70.2 Å². The van der Waals surface area contributed by atoms with Crippen molar-refractivity contribution >= 4 is 23.6 Å². The van der Waals surface area contributed by atoms with E-state index in [9.17, 15) is 4.79 Å². The van der Waals surface area contributed by atoms with Crippen molar-refractivity contribution in [2.45, 2.75) is 96.7 Å². The zero-order valence-electron chi connectivity index (χ0n) is 21.9. The summed E-state index contributed by atoms with van der Waals surface area (Å²) < 4.78 is 17.3. The minimum Gasteiger partial charge on any atom is -0.376 e. The number of carbonyl (C=O) groups is 1. The molecular formula is C29H41N3O4. The zero-order valence-corrected chi connectivity index (χ0v) is 21.9. The normalized spacial score (nSPS) is 20.4. The highest BCUT2D eigenvalue weighted by Gasteiger charge is 2.22. The summed E-state index contributed by atoms with van der Waals surface area (Å²) in [5.74, 6) is 0.786. The molecule has 1 aromatic heterocycles. The number of benzene rings is 1. The van der Waals surface area contributed by atoms with Crippen molar-refractivity contribution in [2.75, 3.05) is 23.4 Å². The Kier molecular flexibility index (Phi) is 9.73. The molecule has 3 heterocycles. The van der Waals surface area contributed by atoms with Gasteiger partial charge in [0, 0.05) is 18.4 Å². The Bertz CT molecular complexity index is 971. The van der Waals surface area contributed by atoms with Crippen LogP contribution in [0.2, 0.25) is 0 Å². The lowest BCUT2D eigenvalue weighted by molar-refractivity contribution is -0.107. The van der Waals surface area contributed by atoms with Gasteiger partial charge in [0.25, 0.3) is 0 Å². The Morgan fingerprint density at radius 3 is 2.69 bits per heavy atom. The summed E-state index contributed by atoms with van der Waals surface area (Å²) in [5.41, 5.74) is 3.72. The number of hydrogen-bond acceptors (Lipinski definition) is 6. The highest BCUT2D eigenvalue weighted by Crippen LogP contribution is 2.36. The molecule has 2 aromatic rings. The van der Waals surface area contributed by atoms with Crippen LogP contribution in [-0.4, -0.2) is 42.9 Å². The first-order chi connectivity index (χ1) is 17.5. The first-order valence-electron chi connectivity index (χ1n) is 13.5. The van der Waals surface area contributed by atoms with Crippen LogP contribution in [0, 0.1) is 0 Å². The second kappa shape index (κ2) is 13.2. The van der Waals surface area contributed by atoms with Gasteiger partial charge >= 0.3 is 0 Å². The maximum Gasteiger partial charge on any atom is 0.214 e. The third-order valence-corrected chi connectivity index (χ3v) is 6.99. The predicted molar refractivity (Wildman–Crippen MR) is 143 cm³/mol. The molecule has 196 valence electrons. The Labute approximate surface area is 215 Å². The van der Waals surface area contributed by atoms with Crippen molar-refractivity contribution in [1.29, 1.82) is 0 Å². The highest BCUT2D eigenvalue weighted by atomic mass is 16.5. The molecule has 1 amide bonds. The molecule has 36 heavy (non-hydrogen) atoms. The van der Waals surface area contributed by atoms with Crippen molar-refractivity contribution in [1.82, 2.24) is 4.98 Å². The number of nitrogens with one attached hydrogen (secondary N) is 1. The summed E-state index contributed by atoms with van der Waals surface area (Å²) in [7, 11) is 0. The third-order valence-electron chi connectivity index (χ3n) is 6.99. The smallest absolute Gasteiger partial charge is 0.214 e. The van der Waals surface area contributed by atoms with E-state index in [1.165, 1.54) is 32.1 Å². The number of fused-ring (bicyclic) bond motifs is 2. The van der Waals surface area contributed by atoms with E-state index in [0.29, 0.717) is 25.4 Å². The van der Waals surface area contributed by atoms with Crippen molar-refractivity contribution < 1.29 is 19.0 Å². The first kappa shape index (κ1) is 26.6. The van der Waals surface area contributed by atoms with Gasteiger partial charge in [-0.15, -0.1) is 0 Å². The maximum absolute atomic E-state index is 11.7. The Balaban J connectivity index is 0.000000256. The molecule has 7 nitrogen and oxygen atoms in total. The van der Waals surface area contributed by atoms with Gasteiger partial charge in [-0.3, -0.25) is 4.79 Å². The molecule has 0 spiro atoms. The molecule has 1 aliphatic carbocycles. The van der Waals surface area contributed by atoms with Gasteiger partial charge in [0.2, 0.25) is 6.41 Å². The fraction of sp³-hybridized carbons (Fsp3) is 0.586. The zero-order chi connectivity index (χ0) is 25.3. The SMILES string of the molecule is CC(C)OC1CCCCC1.CC(OCC1CCCO1)c1ccc2c(c1)N(C=O)Cc1cccnc1N2. The number of hydrogen-bond donors (Lipinski definition) is 1. The van der Waals surface area contributed by atoms with Crippen LogP contribution in [0.5, 0.6) is 0 Å². The fourth-order valence-corrected chi connectivity index (χ4v) is 5.02. The van der Waals surface area contributed by atoms with Crippen LogP contribution in [0.4, 0.5) is 17.2 Å². The molecule has 7 heteroatoms. The molecule has 0 radical (unpaired) electrons.